The Morgan fingerprint density at radius 3 is 1.05 bits per heavy atom. The highest BCUT2D eigenvalue weighted by Crippen LogP contribution is 2.17. The first-order valence-corrected chi connectivity index (χ1v) is 20.2. The summed E-state index contributed by atoms with van der Waals surface area (Å²) in [5, 5.41) is 20.1. The van der Waals surface area contributed by atoms with Gasteiger partial charge >= 0.3 is 5.97 Å². The summed E-state index contributed by atoms with van der Waals surface area (Å²) < 4.78 is 5.21. The third-order valence-electron chi connectivity index (χ3n) is 9.38. The molecule has 2 atom stereocenters. The number of aliphatic hydroxyl groups excluding tert-OH is 2. The van der Waals surface area contributed by atoms with E-state index in [-0.39, 0.29) is 12.1 Å². The minimum absolute atomic E-state index is 0.0964. The Morgan fingerprint density at radius 2 is 0.682 bits per heavy atom. The van der Waals surface area contributed by atoms with E-state index < -0.39 is 6.29 Å². The maximum absolute atomic E-state index is 12.0. The molecule has 0 fully saturated rings. The number of hydrogen-bond donors (Lipinski definition) is 2. The molecule has 0 aromatic rings. The minimum atomic E-state index is -0.934. The molecule has 0 aromatic heterocycles. The normalized spacial score (nSPS) is 12.9. The van der Waals surface area contributed by atoms with E-state index in [0.717, 1.165) is 44.9 Å². The molecule has 2 unspecified atom stereocenters. The van der Waals surface area contributed by atoms with E-state index in [0.29, 0.717) is 12.8 Å². The first kappa shape index (κ1) is 43.4. The van der Waals surface area contributed by atoms with Gasteiger partial charge in [0.2, 0.25) is 6.29 Å². The fourth-order valence-corrected chi connectivity index (χ4v) is 6.33. The smallest absolute Gasteiger partial charge is 0.308 e. The summed E-state index contributed by atoms with van der Waals surface area (Å²) in [5.41, 5.74) is 0. The van der Waals surface area contributed by atoms with Crippen molar-refractivity contribution in [3.05, 3.63) is 0 Å². The Morgan fingerprint density at radius 1 is 0.409 bits per heavy atom. The van der Waals surface area contributed by atoms with Gasteiger partial charge in [0.15, 0.2) is 0 Å². The van der Waals surface area contributed by atoms with Crippen molar-refractivity contribution in [3.63, 3.8) is 0 Å². The van der Waals surface area contributed by atoms with E-state index in [1.807, 2.05) is 0 Å². The van der Waals surface area contributed by atoms with Crippen LogP contribution in [0.1, 0.15) is 239 Å². The summed E-state index contributed by atoms with van der Waals surface area (Å²) in [6.45, 7) is 4.51. The van der Waals surface area contributed by atoms with Crippen LogP contribution in [0.3, 0.4) is 0 Å². The zero-order valence-electron chi connectivity index (χ0n) is 30.1. The third-order valence-corrected chi connectivity index (χ3v) is 9.38. The number of carbonyl (C=O) groups excluding carboxylic acids is 1. The van der Waals surface area contributed by atoms with E-state index in [9.17, 15) is 15.0 Å². The molecule has 2 N–H and O–H groups in total. The van der Waals surface area contributed by atoms with Crippen LogP contribution in [-0.2, 0) is 9.53 Å². The Labute approximate surface area is 276 Å². The molecule has 4 heteroatoms. The molecular weight excluding hydrogens is 544 g/mol. The maximum Gasteiger partial charge on any atom is 0.308 e. The lowest BCUT2D eigenvalue weighted by Crippen LogP contribution is -2.17. The van der Waals surface area contributed by atoms with Crippen molar-refractivity contribution in [2.45, 2.75) is 251 Å². The molecule has 0 rings (SSSR count). The molecule has 0 saturated heterocycles. The van der Waals surface area contributed by atoms with E-state index >= 15 is 0 Å². The second-order valence-electron chi connectivity index (χ2n) is 14.0. The Balaban J connectivity index is 3.30. The van der Waals surface area contributed by atoms with Crippen LogP contribution in [0.25, 0.3) is 0 Å². The SMILES string of the molecule is CCCCCCCCCCCCCCCCCCCCCC(=O)OC(O)CCCCCCCCCCC(O)CCCCCC. The average molecular weight is 625 g/mol. The summed E-state index contributed by atoms with van der Waals surface area (Å²) in [7, 11) is 0. The molecule has 0 aromatic carbocycles. The fourth-order valence-electron chi connectivity index (χ4n) is 6.33. The highest BCUT2D eigenvalue weighted by Gasteiger charge is 2.10. The standard InChI is InChI=1S/C40H80O4/c1-3-5-7-9-10-11-12-13-14-15-16-17-18-19-20-21-25-28-32-36-39(42)44-40(43)37-33-29-26-23-22-24-27-31-35-38(41)34-30-8-6-4-2/h38,40-41,43H,3-37H2,1-2H3. The average Bonchev–Trinajstić information content (AvgIpc) is 3.01. The summed E-state index contributed by atoms with van der Waals surface area (Å²) in [6.07, 6.45) is 41.7. The Hall–Kier alpha value is -0.610. The van der Waals surface area contributed by atoms with Gasteiger partial charge in [-0.05, 0) is 25.7 Å². The number of unbranched alkanes of at least 4 members (excludes halogenated alkanes) is 28. The van der Waals surface area contributed by atoms with Crippen molar-refractivity contribution in [3.8, 4) is 0 Å². The molecule has 0 spiro atoms. The lowest BCUT2D eigenvalue weighted by molar-refractivity contribution is -0.168. The first-order chi connectivity index (χ1) is 21.6. The van der Waals surface area contributed by atoms with E-state index in [4.69, 9.17) is 4.74 Å². The van der Waals surface area contributed by atoms with Crippen LogP contribution < -0.4 is 0 Å². The predicted octanol–water partition coefficient (Wildman–Crippen LogP) is 12.9. The lowest BCUT2D eigenvalue weighted by Gasteiger charge is -2.12. The zero-order chi connectivity index (χ0) is 32.2. The molecule has 0 saturated carbocycles. The van der Waals surface area contributed by atoms with Crippen molar-refractivity contribution < 1.29 is 19.7 Å². The zero-order valence-corrected chi connectivity index (χ0v) is 30.1. The van der Waals surface area contributed by atoms with Gasteiger partial charge in [0.1, 0.15) is 0 Å². The van der Waals surface area contributed by atoms with Crippen LogP contribution in [-0.4, -0.2) is 28.6 Å². The van der Waals surface area contributed by atoms with Crippen molar-refractivity contribution in [1.82, 2.24) is 0 Å². The number of carbonyl (C=O) groups is 1. The first-order valence-electron chi connectivity index (χ1n) is 20.2. The number of ether oxygens (including phenoxy) is 1. The van der Waals surface area contributed by atoms with Crippen molar-refractivity contribution >= 4 is 5.97 Å². The van der Waals surface area contributed by atoms with Crippen LogP contribution in [0.5, 0.6) is 0 Å². The van der Waals surface area contributed by atoms with E-state index in [2.05, 4.69) is 13.8 Å². The molecule has 44 heavy (non-hydrogen) atoms. The van der Waals surface area contributed by atoms with Gasteiger partial charge in [-0.2, -0.15) is 0 Å². The van der Waals surface area contributed by atoms with Crippen molar-refractivity contribution in [2.75, 3.05) is 0 Å². The minimum Gasteiger partial charge on any atom is -0.436 e. The van der Waals surface area contributed by atoms with Gasteiger partial charge in [0.25, 0.3) is 0 Å². The predicted molar refractivity (Wildman–Crippen MR) is 191 cm³/mol. The molecule has 0 aliphatic carbocycles. The van der Waals surface area contributed by atoms with Gasteiger partial charge in [-0.1, -0.05) is 200 Å². The number of rotatable bonds is 37. The fraction of sp³-hybridized carbons (Fsp3) is 0.975. The summed E-state index contributed by atoms with van der Waals surface area (Å²) >= 11 is 0. The monoisotopic (exact) mass is 625 g/mol. The molecule has 4 nitrogen and oxygen atoms in total. The van der Waals surface area contributed by atoms with E-state index in [1.54, 1.807) is 0 Å². The van der Waals surface area contributed by atoms with Crippen LogP contribution in [0.2, 0.25) is 0 Å². The molecular formula is C40H80O4. The van der Waals surface area contributed by atoms with Crippen LogP contribution in [0, 0.1) is 0 Å². The van der Waals surface area contributed by atoms with Crippen LogP contribution >= 0.6 is 0 Å². The molecule has 0 radical (unpaired) electrons. The topological polar surface area (TPSA) is 66.8 Å². The summed E-state index contributed by atoms with van der Waals surface area (Å²) in [6, 6.07) is 0. The van der Waals surface area contributed by atoms with Gasteiger partial charge in [0, 0.05) is 12.8 Å². The van der Waals surface area contributed by atoms with Gasteiger partial charge in [-0.25, -0.2) is 0 Å². The summed E-state index contributed by atoms with van der Waals surface area (Å²) in [4.78, 5) is 12.0. The molecule has 0 aliphatic rings. The number of aliphatic hydroxyl groups is 2. The largest absolute Gasteiger partial charge is 0.436 e. The third kappa shape index (κ3) is 35.9. The number of hydrogen-bond acceptors (Lipinski definition) is 4. The van der Waals surface area contributed by atoms with Gasteiger partial charge in [-0.3, -0.25) is 4.79 Å². The number of esters is 1. The molecule has 0 aliphatic heterocycles. The van der Waals surface area contributed by atoms with Crippen LogP contribution in [0.15, 0.2) is 0 Å². The maximum atomic E-state index is 12.0. The highest BCUT2D eigenvalue weighted by atomic mass is 16.6. The summed E-state index contributed by atoms with van der Waals surface area (Å²) in [5.74, 6) is -0.240. The Bertz CT molecular complexity index is 551. The molecule has 0 heterocycles. The second-order valence-corrected chi connectivity index (χ2v) is 14.0. The van der Waals surface area contributed by atoms with Gasteiger partial charge in [-0.15, -0.1) is 0 Å². The van der Waals surface area contributed by atoms with Gasteiger partial charge < -0.3 is 14.9 Å². The molecule has 264 valence electrons. The second kappa shape index (κ2) is 36.9. The quantitative estimate of drug-likeness (QED) is 0.0410. The molecule has 0 bridgehead atoms. The Kier molecular flexibility index (Phi) is 36.3. The van der Waals surface area contributed by atoms with Crippen molar-refractivity contribution in [2.24, 2.45) is 0 Å². The molecule has 0 amide bonds. The van der Waals surface area contributed by atoms with Gasteiger partial charge in [0.05, 0.1) is 6.10 Å². The van der Waals surface area contributed by atoms with Crippen LogP contribution in [0.4, 0.5) is 0 Å². The van der Waals surface area contributed by atoms with Crippen molar-refractivity contribution in [1.29, 1.82) is 0 Å². The highest BCUT2D eigenvalue weighted by molar-refractivity contribution is 5.69. The lowest BCUT2D eigenvalue weighted by atomic mass is 10.0. The van der Waals surface area contributed by atoms with E-state index in [1.165, 1.54) is 167 Å².